The van der Waals surface area contributed by atoms with Gasteiger partial charge in [0.2, 0.25) is 0 Å². The highest BCUT2D eigenvalue weighted by Crippen LogP contribution is 2.23. The van der Waals surface area contributed by atoms with Gasteiger partial charge in [-0.1, -0.05) is 12.1 Å². The van der Waals surface area contributed by atoms with Crippen LogP contribution in [0.25, 0.3) is 0 Å². The Morgan fingerprint density at radius 3 is 2.78 bits per heavy atom. The first-order chi connectivity index (χ1) is 15.4. The Morgan fingerprint density at radius 2 is 2.09 bits per heavy atom. The molecule has 8 nitrogen and oxygen atoms in total. The van der Waals surface area contributed by atoms with Gasteiger partial charge in [-0.25, -0.2) is 24.2 Å². The third-order valence-electron chi connectivity index (χ3n) is 4.52. The summed E-state index contributed by atoms with van der Waals surface area (Å²) < 4.78 is 33.6. The smallest absolute Gasteiger partial charge is 0.261 e. The zero-order valence-electron chi connectivity index (χ0n) is 17.6. The van der Waals surface area contributed by atoms with E-state index in [0.29, 0.717) is 11.6 Å². The van der Waals surface area contributed by atoms with Gasteiger partial charge in [0.1, 0.15) is 24.6 Å². The van der Waals surface area contributed by atoms with Crippen LogP contribution in [0.4, 0.5) is 14.6 Å². The molecule has 2 heterocycles. The number of hydrogen-bond acceptors (Lipinski definition) is 8. The SMILES string of the molecule is CN(C)c1ncccc1OC[C@@H](/C=C\S)NC(=O)C1N=CN(Cc2c(F)cccc2F)N1. The topological polar surface area (TPSA) is 82.1 Å². The summed E-state index contributed by atoms with van der Waals surface area (Å²) in [5, 5.41) is 5.66. The molecule has 11 heteroatoms. The maximum Gasteiger partial charge on any atom is 0.261 e. The molecule has 3 rings (SSSR count). The normalized spacial score (nSPS) is 16.4. The summed E-state index contributed by atoms with van der Waals surface area (Å²) in [4.78, 5) is 22.8. The number of anilines is 1. The largest absolute Gasteiger partial charge is 0.487 e. The molecule has 1 aromatic carbocycles. The van der Waals surface area contributed by atoms with Crippen LogP contribution in [0, 0.1) is 11.6 Å². The van der Waals surface area contributed by atoms with Crippen LogP contribution in [0.3, 0.4) is 0 Å². The minimum absolute atomic E-state index is 0.120. The average Bonchev–Trinajstić information content (AvgIpc) is 3.24. The van der Waals surface area contributed by atoms with Crippen molar-refractivity contribution < 1.29 is 18.3 Å². The van der Waals surface area contributed by atoms with Crippen LogP contribution in [0.2, 0.25) is 0 Å². The van der Waals surface area contributed by atoms with Crippen molar-refractivity contribution in [2.45, 2.75) is 18.8 Å². The van der Waals surface area contributed by atoms with E-state index in [1.54, 1.807) is 24.4 Å². The van der Waals surface area contributed by atoms with Gasteiger partial charge < -0.3 is 15.0 Å². The van der Waals surface area contributed by atoms with E-state index in [-0.39, 0.29) is 18.7 Å². The first-order valence-electron chi connectivity index (χ1n) is 9.74. The van der Waals surface area contributed by atoms with Gasteiger partial charge in [-0.2, -0.15) is 12.6 Å². The molecule has 0 saturated heterocycles. The Labute approximate surface area is 190 Å². The second-order valence-electron chi connectivity index (χ2n) is 7.11. The van der Waals surface area contributed by atoms with Gasteiger partial charge in [-0.3, -0.25) is 9.80 Å². The lowest BCUT2D eigenvalue weighted by Crippen LogP contribution is -2.49. The van der Waals surface area contributed by atoms with Crippen LogP contribution in [0.15, 0.2) is 53.0 Å². The summed E-state index contributed by atoms with van der Waals surface area (Å²) in [6.45, 7) is 0.0130. The number of hydrogen-bond donors (Lipinski definition) is 3. The number of aliphatic imine (C=N–C) groups is 1. The number of carbonyl (C=O) groups is 1. The Kier molecular flexibility index (Phi) is 8.01. The average molecular weight is 463 g/mol. The Morgan fingerprint density at radius 1 is 1.34 bits per heavy atom. The van der Waals surface area contributed by atoms with Crippen molar-refractivity contribution >= 4 is 30.7 Å². The molecule has 1 aromatic heterocycles. The predicted molar refractivity (Wildman–Crippen MR) is 121 cm³/mol. The van der Waals surface area contributed by atoms with Crippen LogP contribution in [-0.2, 0) is 11.3 Å². The lowest BCUT2D eigenvalue weighted by Gasteiger charge is -2.21. The minimum atomic E-state index is -0.948. The van der Waals surface area contributed by atoms with Crippen molar-refractivity contribution in [3.8, 4) is 5.75 Å². The molecule has 0 fully saturated rings. The molecule has 1 unspecified atom stereocenters. The van der Waals surface area contributed by atoms with Gasteiger partial charge in [0.15, 0.2) is 17.7 Å². The molecule has 2 aromatic rings. The molecular weight excluding hydrogens is 438 g/mol. The number of benzene rings is 1. The molecule has 1 aliphatic heterocycles. The van der Waals surface area contributed by atoms with Crippen molar-refractivity contribution in [2.24, 2.45) is 4.99 Å². The highest BCUT2D eigenvalue weighted by Gasteiger charge is 2.26. The maximum absolute atomic E-state index is 13.9. The summed E-state index contributed by atoms with van der Waals surface area (Å²) in [6.07, 6.45) is 3.71. The van der Waals surface area contributed by atoms with Gasteiger partial charge in [0, 0.05) is 25.9 Å². The molecule has 1 amide bonds. The molecule has 32 heavy (non-hydrogen) atoms. The quantitative estimate of drug-likeness (QED) is 0.496. The van der Waals surface area contributed by atoms with Crippen molar-refractivity contribution in [1.82, 2.24) is 20.7 Å². The first kappa shape index (κ1) is 23.5. The lowest BCUT2D eigenvalue weighted by atomic mass is 10.2. The summed E-state index contributed by atoms with van der Waals surface area (Å²) in [5.41, 5.74) is 2.68. The zero-order chi connectivity index (χ0) is 23.1. The van der Waals surface area contributed by atoms with Crippen molar-refractivity contribution in [2.75, 3.05) is 25.6 Å². The van der Waals surface area contributed by atoms with Gasteiger partial charge in [-0.15, -0.1) is 0 Å². The second kappa shape index (κ2) is 10.9. The number of nitrogens with one attached hydrogen (secondary N) is 2. The minimum Gasteiger partial charge on any atom is -0.487 e. The number of thiol groups is 1. The molecule has 0 radical (unpaired) electrons. The van der Waals surface area contributed by atoms with Gasteiger partial charge in [0.05, 0.1) is 12.6 Å². The summed E-state index contributed by atoms with van der Waals surface area (Å²) in [6, 6.07) is 6.69. The van der Waals surface area contributed by atoms with Crippen molar-refractivity contribution in [3.05, 3.63) is 65.2 Å². The molecule has 1 aliphatic rings. The summed E-state index contributed by atoms with van der Waals surface area (Å²) in [7, 11) is 3.70. The number of hydrazine groups is 1. The number of nitrogens with zero attached hydrogens (tertiary/aromatic N) is 4. The number of amides is 1. The van der Waals surface area contributed by atoms with Crippen LogP contribution in [0.5, 0.6) is 5.75 Å². The standard InChI is InChI=1S/C21H24F2N6O2S/c1-28(2)20-18(7-4-9-24-20)31-12-14(8-10-32)26-21(30)19-25-13-29(27-19)11-15-16(22)5-3-6-17(15)23/h3-10,13-14,19,27,32H,11-12H2,1-2H3,(H,26,30)/b10-8-/t14-,19?/m1/s1. The summed E-state index contributed by atoms with van der Waals surface area (Å²) >= 11 is 4.08. The van der Waals surface area contributed by atoms with E-state index in [2.05, 4.69) is 33.3 Å². The van der Waals surface area contributed by atoms with E-state index >= 15 is 0 Å². The molecular formula is C21H24F2N6O2S. The highest BCUT2D eigenvalue weighted by molar-refractivity contribution is 7.83. The second-order valence-corrected chi connectivity index (χ2v) is 7.41. The monoisotopic (exact) mass is 462 g/mol. The van der Waals surface area contributed by atoms with Crippen LogP contribution in [0.1, 0.15) is 5.56 Å². The molecule has 0 aliphatic carbocycles. The number of rotatable bonds is 9. The van der Waals surface area contributed by atoms with E-state index in [9.17, 15) is 13.6 Å². The van der Waals surface area contributed by atoms with Crippen molar-refractivity contribution in [3.63, 3.8) is 0 Å². The number of aromatic nitrogens is 1. The summed E-state index contributed by atoms with van der Waals surface area (Å²) in [5.74, 6) is -0.546. The van der Waals surface area contributed by atoms with E-state index in [0.717, 1.165) is 0 Å². The number of carbonyl (C=O) groups excluding carboxylic acids is 1. The fourth-order valence-corrected chi connectivity index (χ4v) is 3.17. The number of ether oxygens (including phenoxy) is 1. The van der Waals surface area contributed by atoms with E-state index in [1.165, 1.54) is 35.0 Å². The van der Waals surface area contributed by atoms with Crippen molar-refractivity contribution in [1.29, 1.82) is 0 Å². The third-order valence-corrected chi connectivity index (χ3v) is 4.69. The van der Waals surface area contributed by atoms with Crippen LogP contribution < -0.4 is 20.4 Å². The molecule has 170 valence electrons. The predicted octanol–water partition coefficient (Wildman–Crippen LogP) is 2.11. The molecule has 0 saturated carbocycles. The first-order valence-corrected chi connectivity index (χ1v) is 10.3. The van der Waals surface area contributed by atoms with E-state index in [1.807, 2.05) is 19.0 Å². The Hall–Kier alpha value is -3.18. The van der Waals surface area contributed by atoms with E-state index in [4.69, 9.17) is 4.74 Å². The lowest BCUT2D eigenvalue weighted by molar-refractivity contribution is -0.124. The Balaban J connectivity index is 1.57. The third kappa shape index (κ3) is 5.95. The fourth-order valence-electron chi connectivity index (χ4n) is 2.96. The molecule has 0 spiro atoms. The van der Waals surface area contributed by atoms with Gasteiger partial charge in [0.25, 0.3) is 5.91 Å². The maximum atomic E-state index is 13.9. The van der Waals surface area contributed by atoms with Crippen LogP contribution >= 0.6 is 12.6 Å². The number of halogens is 2. The number of pyridine rings is 1. The molecule has 2 N–H and O–H groups in total. The highest BCUT2D eigenvalue weighted by atomic mass is 32.1. The van der Waals surface area contributed by atoms with Crippen LogP contribution in [-0.4, -0.2) is 55.1 Å². The Bertz CT molecular complexity index is 984. The molecule has 0 bridgehead atoms. The van der Waals surface area contributed by atoms with Gasteiger partial charge in [-0.05, 0) is 29.7 Å². The zero-order valence-corrected chi connectivity index (χ0v) is 18.5. The van der Waals surface area contributed by atoms with E-state index < -0.39 is 29.7 Å². The molecule has 2 atom stereocenters. The fraction of sp³-hybridized carbons (Fsp3) is 0.286. The van der Waals surface area contributed by atoms with Gasteiger partial charge >= 0.3 is 0 Å².